The van der Waals surface area contributed by atoms with Crippen molar-refractivity contribution in [2.24, 2.45) is 0 Å². The molecule has 0 unspecified atom stereocenters. The number of piperidine rings is 1. The fourth-order valence-corrected chi connectivity index (χ4v) is 2.97. The molecular weight excluding hydrogens is 270 g/mol. The van der Waals surface area contributed by atoms with Crippen molar-refractivity contribution in [2.45, 2.75) is 32.2 Å². The normalized spacial score (nSPS) is 15.0. The van der Waals surface area contributed by atoms with Crippen molar-refractivity contribution in [3.63, 3.8) is 0 Å². The molecule has 0 amide bonds. The molecule has 2 aromatic rings. The first-order valence-corrected chi connectivity index (χ1v) is 8.36. The van der Waals surface area contributed by atoms with E-state index in [0.717, 1.165) is 25.2 Å². The summed E-state index contributed by atoms with van der Waals surface area (Å²) in [5.41, 5.74) is 3.87. The van der Waals surface area contributed by atoms with Crippen LogP contribution in [0.2, 0.25) is 0 Å². The van der Waals surface area contributed by atoms with Gasteiger partial charge in [-0.1, -0.05) is 18.2 Å². The van der Waals surface area contributed by atoms with E-state index in [1.54, 1.807) is 0 Å². The zero-order valence-corrected chi connectivity index (χ0v) is 13.2. The van der Waals surface area contributed by atoms with Crippen LogP contribution >= 0.6 is 0 Å². The van der Waals surface area contributed by atoms with Crippen LogP contribution in [0, 0.1) is 0 Å². The fourth-order valence-electron chi connectivity index (χ4n) is 2.97. The lowest BCUT2D eigenvalue weighted by atomic mass is 10.1. The van der Waals surface area contributed by atoms with Gasteiger partial charge in [0.05, 0.1) is 0 Å². The van der Waals surface area contributed by atoms with Gasteiger partial charge in [-0.2, -0.15) is 0 Å². The van der Waals surface area contributed by atoms with Gasteiger partial charge in [0, 0.05) is 50.2 Å². The van der Waals surface area contributed by atoms with Crippen molar-refractivity contribution < 1.29 is 0 Å². The third-order valence-corrected chi connectivity index (χ3v) is 4.27. The van der Waals surface area contributed by atoms with Crippen LogP contribution in [0.25, 0.3) is 0 Å². The SMILES string of the molecule is c1ccc(CCNCc2ccc(N3CCCCC3)cc2)nc1. The molecule has 1 aromatic carbocycles. The fraction of sp³-hybridized carbons (Fsp3) is 0.421. The minimum atomic E-state index is 0.924. The Morgan fingerprint density at radius 2 is 1.77 bits per heavy atom. The van der Waals surface area contributed by atoms with Crippen LogP contribution in [-0.2, 0) is 13.0 Å². The van der Waals surface area contributed by atoms with Gasteiger partial charge in [0.25, 0.3) is 0 Å². The van der Waals surface area contributed by atoms with E-state index in [-0.39, 0.29) is 0 Å². The Balaban J connectivity index is 1.43. The first-order chi connectivity index (χ1) is 10.9. The van der Waals surface area contributed by atoms with Gasteiger partial charge in [-0.25, -0.2) is 0 Å². The molecule has 2 heterocycles. The summed E-state index contributed by atoms with van der Waals surface area (Å²) in [5.74, 6) is 0. The molecule has 1 saturated heterocycles. The van der Waals surface area contributed by atoms with Crippen LogP contribution < -0.4 is 10.2 Å². The first kappa shape index (κ1) is 15.0. The molecule has 1 aliphatic heterocycles. The zero-order valence-electron chi connectivity index (χ0n) is 13.2. The number of hydrogen-bond donors (Lipinski definition) is 1. The first-order valence-electron chi connectivity index (χ1n) is 8.36. The number of benzene rings is 1. The standard InChI is InChI=1S/C19H25N3/c1-4-14-22(15-5-1)19-9-7-17(8-10-19)16-20-13-11-18-6-2-3-12-21-18/h2-3,6-10,12,20H,1,4-5,11,13-16H2. The molecular formula is C19H25N3. The summed E-state index contributed by atoms with van der Waals surface area (Å²) in [7, 11) is 0. The van der Waals surface area contributed by atoms with E-state index in [1.165, 1.54) is 43.6 Å². The average Bonchev–Trinajstić information content (AvgIpc) is 2.61. The van der Waals surface area contributed by atoms with Crippen LogP contribution in [-0.4, -0.2) is 24.6 Å². The predicted molar refractivity (Wildman–Crippen MR) is 92.2 cm³/mol. The highest BCUT2D eigenvalue weighted by molar-refractivity contribution is 5.47. The summed E-state index contributed by atoms with van der Waals surface area (Å²) in [6.45, 7) is 4.31. The van der Waals surface area contributed by atoms with E-state index in [4.69, 9.17) is 0 Å². The van der Waals surface area contributed by atoms with E-state index >= 15 is 0 Å². The highest BCUT2D eigenvalue weighted by atomic mass is 15.1. The Kier molecular flexibility index (Phi) is 5.43. The molecule has 1 N–H and O–H groups in total. The van der Waals surface area contributed by atoms with Crippen molar-refractivity contribution in [1.29, 1.82) is 0 Å². The van der Waals surface area contributed by atoms with Crippen molar-refractivity contribution >= 4 is 5.69 Å². The van der Waals surface area contributed by atoms with E-state index in [9.17, 15) is 0 Å². The molecule has 0 bridgehead atoms. The number of nitrogens with one attached hydrogen (secondary N) is 1. The maximum absolute atomic E-state index is 4.34. The molecule has 1 aliphatic rings. The number of hydrogen-bond acceptors (Lipinski definition) is 3. The lowest BCUT2D eigenvalue weighted by molar-refractivity contribution is 0.578. The van der Waals surface area contributed by atoms with Crippen LogP contribution in [0.4, 0.5) is 5.69 Å². The maximum Gasteiger partial charge on any atom is 0.0416 e. The molecule has 1 fully saturated rings. The molecule has 0 atom stereocenters. The molecule has 3 heteroatoms. The topological polar surface area (TPSA) is 28.2 Å². The molecule has 0 radical (unpaired) electrons. The van der Waals surface area contributed by atoms with Crippen LogP contribution in [0.1, 0.15) is 30.5 Å². The third-order valence-electron chi connectivity index (χ3n) is 4.27. The van der Waals surface area contributed by atoms with Gasteiger partial charge in [-0.05, 0) is 49.1 Å². The van der Waals surface area contributed by atoms with Gasteiger partial charge < -0.3 is 10.2 Å². The van der Waals surface area contributed by atoms with Crippen molar-refractivity contribution in [1.82, 2.24) is 10.3 Å². The lowest BCUT2D eigenvalue weighted by Crippen LogP contribution is -2.29. The quantitative estimate of drug-likeness (QED) is 0.828. The molecule has 0 aliphatic carbocycles. The van der Waals surface area contributed by atoms with E-state index < -0.39 is 0 Å². The Morgan fingerprint density at radius 1 is 0.955 bits per heavy atom. The van der Waals surface area contributed by atoms with E-state index in [1.807, 2.05) is 18.3 Å². The third kappa shape index (κ3) is 4.31. The van der Waals surface area contributed by atoms with Gasteiger partial charge >= 0.3 is 0 Å². The van der Waals surface area contributed by atoms with Crippen LogP contribution in [0.5, 0.6) is 0 Å². The Labute approximate surface area is 133 Å². The van der Waals surface area contributed by atoms with E-state index in [0.29, 0.717) is 0 Å². The second-order valence-electron chi connectivity index (χ2n) is 5.96. The second-order valence-corrected chi connectivity index (χ2v) is 5.96. The Bertz CT molecular complexity index is 545. The minimum Gasteiger partial charge on any atom is -0.372 e. The minimum absolute atomic E-state index is 0.924. The number of aromatic nitrogens is 1. The summed E-state index contributed by atoms with van der Waals surface area (Å²) in [6.07, 6.45) is 6.88. The van der Waals surface area contributed by atoms with Gasteiger partial charge in [-0.3, -0.25) is 4.98 Å². The van der Waals surface area contributed by atoms with E-state index in [2.05, 4.69) is 45.5 Å². The van der Waals surface area contributed by atoms with Crippen molar-refractivity contribution in [3.05, 3.63) is 59.9 Å². The lowest BCUT2D eigenvalue weighted by Gasteiger charge is -2.28. The molecule has 116 valence electrons. The second kappa shape index (κ2) is 7.95. The number of anilines is 1. The number of pyridine rings is 1. The highest BCUT2D eigenvalue weighted by Crippen LogP contribution is 2.20. The summed E-state index contributed by atoms with van der Waals surface area (Å²) < 4.78 is 0. The summed E-state index contributed by atoms with van der Waals surface area (Å²) >= 11 is 0. The molecule has 22 heavy (non-hydrogen) atoms. The number of rotatable bonds is 6. The Morgan fingerprint density at radius 3 is 2.50 bits per heavy atom. The number of nitrogens with zero attached hydrogens (tertiary/aromatic N) is 2. The molecule has 1 aromatic heterocycles. The average molecular weight is 295 g/mol. The largest absolute Gasteiger partial charge is 0.372 e. The maximum atomic E-state index is 4.34. The summed E-state index contributed by atoms with van der Waals surface area (Å²) in [5, 5.41) is 3.50. The molecule has 0 saturated carbocycles. The van der Waals surface area contributed by atoms with Gasteiger partial charge in [0.15, 0.2) is 0 Å². The monoisotopic (exact) mass is 295 g/mol. The summed E-state index contributed by atoms with van der Waals surface area (Å²) in [6, 6.07) is 15.1. The van der Waals surface area contributed by atoms with Crippen LogP contribution in [0.3, 0.4) is 0 Å². The highest BCUT2D eigenvalue weighted by Gasteiger charge is 2.10. The smallest absolute Gasteiger partial charge is 0.0416 e. The molecule has 0 spiro atoms. The van der Waals surface area contributed by atoms with Crippen molar-refractivity contribution in [2.75, 3.05) is 24.5 Å². The zero-order chi connectivity index (χ0) is 15.0. The van der Waals surface area contributed by atoms with Gasteiger partial charge in [0.1, 0.15) is 0 Å². The van der Waals surface area contributed by atoms with Gasteiger partial charge in [-0.15, -0.1) is 0 Å². The molecule has 3 rings (SSSR count). The van der Waals surface area contributed by atoms with Crippen LogP contribution in [0.15, 0.2) is 48.7 Å². The van der Waals surface area contributed by atoms with Gasteiger partial charge in [0.2, 0.25) is 0 Å². The molecule has 3 nitrogen and oxygen atoms in total. The predicted octanol–water partition coefficient (Wildman–Crippen LogP) is 3.40. The Hall–Kier alpha value is -1.87. The van der Waals surface area contributed by atoms with Crippen molar-refractivity contribution in [3.8, 4) is 0 Å². The summed E-state index contributed by atoms with van der Waals surface area (Å²) in [4.78, 5) is 6.84.